The first-order valence-corrected chi connectivity index (χ1v) is 19.6. The van der Waals surface area contributed by atoms with Crippen LogP contribution in [0.1, 0.15) is 95.0 Å². The van der Waals surface area contributed by atoms with Crippen LogP contribution in [0, 0.1) is 45.8 Å². The zero-order chi connectivity index (χ0) is 32.6. The molecule has 1 heterocycles. The second-order valence-electron chi connectivity index (χ2n) is 16.7. The quantitative estimate of drug-likeness (QED) is 0.335. The lowest BCUT2D eigenvalue weighted by Crippen LogP contribution is -2.74. The molecule has 5 fully saturated rings. The lowest BCUT2D eigenvalue weighted by atomic mass is 9.33. The number of nitrogens with zero attached hydrogens (tertiary/aromatic N) is 1. The zero-order valence-electron chi connectivity index (χ0n) is 28.3. The van der Waals surface area contributed by atoms with Crippen LogP contribution in [0.3, 0.4) is 0 Å². The fourth-order valence-corrected chi connectivity index (χ4v) is 13.8. The van der Waals surface area contributed by atoms with Gasteiger partial charge < -0.3 is 25.5 Å². The molecule has 0 radical (unpaired) electrons. The van der Waals surface area contributed by atoms with Crippen LogP contribution in [-0.2, 0) is 10.8 Å². The van der Waals surface area contributed by atoms with Gasteiger partial charge in [-0.25, -0.2) is 4.79 Å². The van der Waals surface area contributed by atoms with Crippen molar-refractivity contribution in [2.24, 2.45) is 45.8 Å². The van der Waals surface area contributed by atoms with Crippen LogP contribution < -0.4 is 5.32 Å². The first-order chi connectivity index (χ1) is 21.8. The van der Waals surface area contributed by atoms with Gasteiger partial charge in [0.1, 0.15) is 0 Å². The molecular formula is C38H56N2O5S. The number of fused-ring (bicyclic) bond motifs is 7. The summed E-state index contributed by atoms with van der Waals surface area (Å²) in [4.78, 5) is 13.9. The molecule has 1 aromatic carbocycles. The van der Waals surface area contributed by atoms with E-state index in [2.05, 4.69) is 44.0 Å². The molecule has 4 saturated carbocycles. The van der Waals surface area contributed by atoms with Crippen molar-refractivity contribution >= 4 is 22.3 Å². The van der Waals surface area contributed by atoms with Crippen LogP contribution in [0.15, 0.2) is 30.3 Å². The number of aliphatic hydroxyl groups excluding tert-OH is 2. The molecule has 6 aliphatic rings. The van der Waals surface area contributed by atoms with Crippen molar-refractivity contribution in [1.82, 2.24) is 10.2 Å². The first kappa shape index (κ1) is 32.9. The number of benzene rings is 1. The van der Waals surface area contributed by atoms with Crippen LogP contribution in [0.5, 0.6) is 0 Å². The Morgan fingerprint density at radius 1 is 0.978 bits per heavy atom. The van der Waals surface area contributed by atoms with Crippen LogP contribution >= 0.6 is 0 Å². The summed E-state index contributed by atoms with van der Waals surface area (Å²) in [6.45, 7) is 13.2. The molecule has 46 heavy (non-hydrogen) atoms. The normalized spacial score (nSPS) is 46.0. The molecule has 8 heteroatoms. The Morgan fingerprint density at radius 2 is 1.70 bits per heavy atom. The monoisotopic (exact) mass is 652 g/mol. The third-order valence-electron chi connectivity index (χ3n) is 15.3. The highest BCUT2D eigenvalue weighted by molar-refractivity contribution is 7.85. The van der Waals surface area contributed by atoms with Gasteiger partial charge in [0.25, 0.3) is 0 Å². The fraction of sp³-hybridized carbons (Fsp3) is 0.763. The van der Waals surface area contributed by atoms with Gasteiger partial charge in [-0.05, 0) is 103 Å². The standard InChI is InChI=1S/C38H56N2O5S/c1-24-27(25-7-9-26(10-8-25)34(43)44)13-15-35(2)30(24)22-32(41)37(4)31(35)12-11-28-29-6-5-14-38(29,23-33(42)36(28,37)3)39-16-17-40-18-20-46(45)21-19-40/h7-10,13,24,28-33,39,41-42H,5-6,11-12,14-23H2,1-4H3,(H,43,44)/t24?,28?,29-,30?,31?,32?,33+,35?,36+,37?,38?/m1/s1. The summed E-state index contributed by atoms with van der Waals surface area (Å²) in [6.07, 6.45) is 9.60. The van der Waals surface area contributed by atoms with Gasteiger partial charge >= 0.3 is 5.97 Å². The minimum absolute atomic E-state index is 0.0200. The number of aromatic carboxylic acids is 1. The van der Waals surface area contributed by atoms with Crippen molar-refractivity contribution in [2.75, 3.05) is 37.7 Å². The highest BCUT2D eigenvalue weighted by Gasteiger charge is 2.73. The van der Waals surface area contributed by atoms with Gasteiger partial charge in [0, 0.05) is 64.9 Å². The third kappa shape index (κ3) is 4.78. The Labute approximate surface area is 278 Å². The smallest absolute Gasteiger partial charge is 0.335 e. The van der Waals surface area contributed by atoms with Crippen molar-refractivity contribution in [2.45, 2.75) is 96.8 Å². The zero-order valence-corrected chi connectivity index (χ0v) is 29.2. The molecule has 0 spiro atoms. The topological polar surface area (TPSA) is 110 Å². The molecule has 254 valence electrons. The highest BCUT2D eigenvalue weighted by Crippen LogP contribution is 2.75. The van der Waals surface area contributed by atoms with Gasteiger partial charge in [0.05, 0.1) is 17.8 Å². The van der Waals surface area contributed by atoms with E-state index < -0.39 is 29.0 Å². The van der Waals surface area contributed by atoms with E-state index >= 15 is 0 Å². The molecule has 8 unspecified atom stereocenters. The summed E-state index contributed by atoms with van der Waals surface area (Å²) in [7, 11) is -0.659. The lowest BCUT2D eigenvalue weighted by molar-refractivity contribution is -0.284. The lowest BCUT2D eigenvalue weighted by Gasteiger charge is -2.73. The molecule has 1 aromatic rings. The van der Waals surface area contributed by atoms with Gasteiger partial charge in [0.15, 0.2) is 0 Å². The van der Waals surface area contributed by atoms with E-state index in [-0.39, 0.29) is 27.7 Å². The number of allylic oxidation sites excluding steroid dienone is 2. The Bertz CT molecular complexity index is 1390. The Hall–Kier alpha value is -1.58. The molecule has 0 bridgehead atoms. The van der Waals surface area contributed by atoms with Crippen molar-refractivity contribution < 1.29 is 24.3 Å². The number of hydrogen-bond donors (Lipinski definition) is 4. The van der Waals surface area contributed by atoms with Crippen molar-refractivity contribution in [3.8, 4) is 0 Å². The van der Waals surface area contributed by atoms with Gasteiger partial charge in [-0.1, -0.05) is 52.3 Å². The molecule has 1 saturated heterocycles. The van der Waals surface area contributed by atoms with Gasteiger partial charge in [-0.3, -0.25) is 4.21 Å². The molecule has 5 aliphatic carbocycles. The molecule has 11 atom stereocenters. The number of carboxylic acid groups (broad SMARTS) is 1. The SMILES string of the molecule is CC1C(c2ccc(C(=O)O)cc2)=CCC2(C)C1CC(O)C1(C)C2CCC2[C@H]3CCCC3(NCCN3CCS(=O)CC3)C[C@H](O)[C@]21C. The van der Waals surface area contributed by atoms with E-state index in [0.29, 0.717) is 29.2 Å². The van der Waals surface area contributed by atoms with Crippen LogP contribution in [0.25, 0.3) is 5.57 Å². The van der Waals surface area contributed by atoms with Crippen molar-refractivity contribution in [3.05, 3.63) is 41.5 Å². The summed E-state index contributed by atoms with van der Waals surface area (Å²) < 4.78 is 11.8. The number of aliphatic hydroxyl groups is 2. The molecule has 7 rings (SSSR count). The molecular weight excluding hydrogens is 596 g/mol. The summed E-state index contributed by atoms with van der Waals surface area (Å²) >= 11 is 0. The fourth-order valence-electron chi connectivity index (χ4n) is 12.7. The average Bonchev–Trinajstić information content (AvgIpc) is 3.44. The van der Waals surface area contributed by atoms with E-state index in [0.717, 1.165) is 81.8 Å². The number of carboxylic acids is 1. The van der Waals surface area contributed by atoms with Crippen molar-refractivity contribution in [1.29, 1.82) is 0 Å². The van der Waals surface area contributed by atoms with Crippen LogP contribution in [-0.4, -0.2) is 85.8 Å². The summed E-state index contributed by atoms with van der Waals surface area (Å²) in [6, 6.07) is 7.29. The second-order valence-corrected chi connectivity index (χ2v) is 18.4. The van der Waals surface area contributed by atoms with E-state index in [1.165, 1.54) is 18.4 Å². The second kappa shape index (κ2) is 11.8. The highest BCUT2D eigenvalue weighted by atomic mass is 32.2. The summed E-state index contributed by atoms with van der Waals surface area (Å²) in [5, 5.41) is 38.2. The molecule has 1 aliphatic heterocycles. The third-order valence-corrected chi connectivity index (χ3v) is 16.6. The van der Waals surface area contributed by atoms with E-state index in [1.807, 2.05) is 12.1 Å². The molecule has 4 N–H and O–H groups in total. The number of nitrogens with one attached hydrogen (secondary N) is 1. The predicted molar refractivity (Wildman–Crippen MR) is 183 cm³/mol. The van der Waals surface area contributed by atoms with E-state index in [4.69, 9.17) is 0 Å². The summed E-state index contributed by atoms with van der Waals surface area (Å²) in [5.41, 5.74) is 1.90. The number of carbonyl (C=O) groups is 1. The van der Waals surface area contributed by atoms with Gasteiger partial charge in [-0.15, -0.1) is 0 Å². The Morgan fingerprint density at radius 3 is 2.39 bits per heavy atom. The Kier molecular flexibility index (Phi) is 8.44. The predicted octanol–water partition coefficient (Wildman–Crippen LogP) is 5.19. The first-order valence-electron chi connectivity index (χ1n) is 18.1. The van der Waals surface area contributed by atoms with Gasteiger partial charge in [0.2, 0.25) is 0 Å². The van der Waals surface area contributed by atoms with E-state index in [1.54, 1.807) is 12.1 Å². The average molecular weight is 653 g/mol. The number of rotatable bonds is 6. The minimum atomic E-state index is -0.906. The number of hydrogen-bond acceptors (Lipinski definition) is 6. The summed E-state index contributed by atoms with van der Waals surface area (Å²) in [5.74, 6) is 2.43. The maximum Gasteiger partial charge on any atom is 0.335 e. The van der Waals surface area contributed by atoms with Crippen LogP contribution in [0.2, 0.25) is 0 Å². The van der Waals surface area contributed by atoms with Crippen LogP contribution in [0.4, 0.5) is 0 Å². The largest absolute Gasteiger partial charge is 0.478 e. The van der Waals surface area contributed by atoms with Crippen molar-refractivity contribution in [3.63, 3.8) is 0 Å². The maximum absolute atomic E-state index is 12.4. The molecule has 7 nitrogen and oxygen atoms in total. The Balaban J connectivity index is 1.14. The van der Waals surface area contributed by atoms with E-state index in [9.17, 15) is 24.3 Å². The minimum Gasteiger partial charge on any atom is -0.478 e. The molecule has 0 aromatic heterocycles. The maximum atomic E-state index is 12.4. The molecule has 0 amide bonds. The van der Waals surface area contributed by atoms with Gasteiger partial charge in [-0.2, -0.15) is 0 Å².